The van der Waals surface area contributed by atoms with E-state index in [9.17, 15) is 14.9 Å². The fourth-order valence-corrected chi connectivity index (χ4v) is 3.33. The number of rotatable bonds is 7. The van der Waals surface area contributed by atoms with Crippen LogP contribution in [-0.2, 0) is 11.3 Å². The number of amides is 1. The maximum atomic E-state index is 12.2. The summed E-state index contributed by atoms with van der Waals surface area (Å²) in [5.74, 6) is 1.08. The second-order valence-electron chi connectivity index (χ2n) is 5.82. The van der Waals surface area contributed by atoms with Crippen LogP contribution in [0.3, 0.4) is 0 Å². The van der Waals surface area contributed by atoms with E-state index in [1.807, 2.05) is 31.2 Å². The number of hydrogen-bond donors (Lipinski definition) is 0. The molecule has 28 heavy (non-hydrogen) atoms. The van der Waals surface area contributed by atoms with Gasteiger partial charge in [0, 0.05) is 12.1 Å². The van der Waals surface area contributed by atoms with Crippen LogP contribution in [0.2, 0.25) is 0 Å². The van der Waals surface area contributed by atoms with E-state index in [2.05, 4.69) is 10.2 Å². The van der Waals surface area contributed by atoms with Crippen LogP contribution in [0.5, 0.6) is 5.75 Å². The molecule has 144 valence electrons. The van der Waals surface area contributed by atoms with Gasteiger partial charge in [-0.25, -0.2) is 0 Å². The number of benzene rings is 2. The lowest BCUT2D eigenvalue weighted by Gasteiger charge is -2.15. The van der Waals surface area contributed by atoms with Gasteiger partial charge in [-0.3, -0.25) is 19.8 Å². The lowest BCUT2D eigenvalue weighted by Crippen LogP contribution is -2.28. The predicted molar refractivity (Wildman–Crippen MR) is 109 cm³/mol. The molecule has 2 aromatic carbocycles. The maximum Gasteiger partial charge on any atom is 0.269 e. The standard InChI is InChI=1S/C19H18N4O4S/c1-2-27-17-9-5-15(6-10-17)12-22-18(24)13-28-19(22)21-20-11-14-3-7-16(8-4-14)23(25)26/h3-11H,2,12-13H2,1H3. The highest BCUT2D eigenvalue weighted by Crippen LogP contribution is 2.23. The Balaban J connectivity index is 1.67. The number of non-ortho nitro benzene ring substituents is 1. The zero-order valence-electron chi connectivity index (χ0n) is 15.1. The fourth-order valence-electron chi connectivity index (χ4n) is 2.49. The summed E-state index contributed by atoms with van der Waals surface area (Å²) in [5, 5.41) is 19.4. The number of amidine groups is 1. The molecule has 8 nitrogen and oxygen atoms in total. The Kier molecular flexibility index (Phi) is 6.38. The van der Waals surface area contributed by atoms with Crippen molar-refractivity contribution in [2.24, 2.45) is 10.2 Å². The minimum absolute atomic E-state index is 0.0157. The zero-order valence-corrected chi connectivity index (χ0v) is 16.0. The van der Waals surface area contributed by atoms with Gasteiger partial charge in [-0.1, -0.05) is 23.9 Å². The van der Waals surface area contributed by atoms with E-state index in [0.717, 1.165) is 11.3 Å². The highest BCUT2D eigenvalue weighted by molar-refractivity contribution is 8.15. The summed E-state index contributed by atoms with van der Waals surface area (Å²) < 4.78 is 5.42. The third-order valence-corrected chi connectivity index (χ3v) is 4.84. The molecule has 0 N–H and O–H groups in total. The molecule has 1 aliphatic heterocycles. The van der Waals surface area contributed by atoms with E-state index in [1.54, 1.807) is 17.0 Å². The molecule has 0 aliphatic carbocycles. The van der Waals surface area contributed by atoms with Gasteiger partial charge in [-0.05, 0) is 42.3 Å². The van der Waals surface area contributed by atoms with Gasteiger partial charge in [0.2, 0.25) is 5.91 Å². The molecular weight excluding hydrogens is 380 g/mol. The molecule has 1 amide bonds. The van der Waals surface area contributed by atoms with Gasteiger partial charge in [0.1, 0.15) is 5.75 Å². The van der Waals surface area contributed by atoms with Gasteiger partial charge < -0.3 is 4.74 Å². The van der Waals surface area contributed by atoms with Crippen molar-refractivity contribution < 1.29 is 14.5 Å². The molecule has 0 saturated carbocycles. The topological polar surface area (TPSA) is 97.4 Å². The number of carbonyl (C=O) groups excluding carboxylic acids is 1. The molecule has 0 aromatic heterocycles. The molecule has 9 heteroatoms. The molecule has 0 spiro atoms. The van der Waals surface area contributed by atoms with Gasteiger partial charge in [-0.2, -0.15) is 5.10 Å². The molecule has 1 aliphatic rings. The first-order chi connectivity index (χ1) is 13.6. The SMILES string of the molecule is CCOc1ccc(CN2C(=O)CSC2=NN=Cc2ccc([N+](=O)[O-])cc2)cc1. The van der Waals surface area contributed by atoms with Crippen LogP contribution in [0.1, 0.15) is 18.1 Å². The largest absolute Gasteiger partial charge is 0.494 e. The van der Waals surface area contributed by atoms with E-state index in [4.69, 9.17) is 4.74 Å². The van der Waals surface area contributed by atoms with E-state index in [-0.39, 0.29) is 11.6 Å². The van der Waals surface area contributed by atoms with Crippen LogP contribution >= 0.6 is 11.8 Å². The first kappa shape index (κ1) is 19.6. The monoisotopic (exact) mass is 398 g/mol. The van der Waals surface area contributed by atoms with Gasteiger partial charge >= 0.3 is 0 Å². The number of ether oxygens (including phenoxy) is 1. The van der Waals surface area contributed by atoms with Crippen LogP contribution in [0.15, 0.2) is 58.7 Å². The summed E-state index contributed by atoms with van der Waals surface area (Å²) in [5.41, 5.74) is 1.66. The van der Waals surface area contributed by atoms with Crippen LogP contribution in [0.4, 0.5) is 5.69 Å². The lowest BCUT2D eigenvalue weighted by atomic mass is 10.2. The molecular formula is C19H18N4O4S. The minimum Gasteiger partial charge on any atom is -0.494 e. The normalized spacial score (nSPS) is 15.5. The summed E-state index contributed by atoms with van der Waals surface area (Å²) in [6.07, 6.45) is 1.50. The molecule has 2 aromatic rings. The van der Waals surface area contributed by atoms with Gasteiger partial charge in [0.25, 0.3) is 5.69 Å². The Morgan fingerprint density at radius 3 is 2.57 bits per heavy atom. The number of nitro benzene ring substituents is 1. The van der Waals surface area contributed by atoms with Crippen molar-refractivity contribution in [2.75, 3.05) is 12.4 Å². The molecule has 0 unspecified atom stereocenters. The van der Waals surface area contributed by atoms with Crippen molar-refractivity contribution in [3.63, 3.8) is 0 Å². The van der Waals surface area contributed by atoms with Crippen LogP contribution in [0, 0.1) is 10.1 Å². The van der Waals surface area contributed by atoms with E-state index >= 15 is 0 Å². The quantitative estimate of drug-likeness (QED) is 0.404. The van der Waals surface area contributed by atoms with E-state index < -0.39 is 4.92 Å². The average molecular weight is 398 g/mol. The summed E-state index contributed by atoms with van der Waals surface area (Å²) >= 11 is 1.33. The highest BCUT2D eigenvalue weighted by Gasteiger charge is 2.28. The van der Waals surface area contributed by atoms with Gasteiger partial charge in [0.05, 0.1) is 30.0 Å². The fraction of sp³-hybridized carbons (Fsp3) is 0.211. The van der Waals surface area contributed by atoms with Crippen molar-refractivity contribution in [1.29, 1.82) is 0 Å². The predicted octanol–water partition coefficient (Wildman–Crippen LogP) is 3.46. The Morgan fingerprint density at radius 1 is 1.21 bits per heavy atom. The van der Waals surface area contributed by atoms with Crippen molar-refractivity contribution >= 4 is 34.7 Å². The molecule has 0 radical (unpaired) electrons. The first-order valence-corrected chi connectivity index (χ1v) is 9.55. The summed E-state index contributed by atoms with van der Waals surface area (Å²) in [7, 11) is 0. The highest BCUT2D eigenvalue weighted by atomic mass is 32.2. The van der Waals surface area contributed by atoms with Gasteiger partial charge in [0.15, 0.2) is 5.17 Å². The third-order valence-electron chi connectivity index (χ3n) is 3.89. The van der Waals surface area contributed by atoms with Crippen molar-refractivity contribution in [2.45, 2.75) is 13.5 Å². The second kappa shape index (κ2) is 9.14. The Hall–Kier alpha value is -3.20. The number of hydrogen-bond acceptors (Lipinski definition) is 7. The van der Waals surface area contributed by atoms with Crippen LogP contribution in [0.25, 0.3) is 0 Å². The first-order valence-electron chi connectivity index (χ1n) is 8.57. The van der Waals surface area contributed by atoms with Crippen LogP contribution in [-0.4, -0.2) is 39.5 Å². The van der Waals surface area contributed by atoms with Crippen molar-refractivity contribution in [3.05, 3.63) is 69.8 Å². The van der Waals surface area contributed by atoms with Gasteiger partial charge in [-0.15, -0.1) is 5.10 Å². The summed E-state index contributed by atoms with van der Waals surface area (Å²) in [6.45, 7) is 2.93. The van der Waals surface area contributed by atoms with E-state index in [0.29, 0.717) is 29.6 Å². The Bertz CT molecular complexity index is 911. The molecule has 1 saturated heterocycles. The van der Waals surface area contributed by atoms with Crippen molar-refractivity contribution in [1.82, 2.24) is 4.90 Å². The number of nitro groups is 1. The minimum atomic E-state index is -0.458. The Morgan fingerprint density at radius 2 is 1.93 bits per heavy atom. The molecule has 0 bridgehead atoms. The molecule has 0 atom stereocenters. The van der Waals surface area contributed by atoms with Crippen LogP contribution < -0.4 is 4.74 Å². The lowest BCUT2D eigenvalue weighted by molar-refractivity contribution is -0.384. The number of thioether (sulfide) groups is 1. The number of carbonyl (C=O) groups is 1. The third kappa shape index (κ3) is 4.95. The average Bonchev–Trinajstić information content (AvgIpc) is 3.04. The Labute approximate surface area is 166 Å². The maximum absolute atomic E-state index is 12.2. The zero-order chi connectivity index (χ0) is 19.9. The van der Waals surface area contributed by atoms with Crippen molar-refractivity contribution in [3.8, 4) is 5.75 Å². The summed E-state index contributed by atoms with van der Waals surface area (Å²) in [6, 6.07) is 13.6. The smallest absolute Gasteiger partial charge is 0.269 e. The number of nitrogens with zero attached hydrogens (tertiary/aromatic N) is 4. The molecule has 1 heterocycles. The molecule has 1 fully saturated rings. The second-order valence-corrected chi connectivity index (χ2v) is 6.76. The summed E-state index contributed by atoms with van der Waals surface area (Å²) in [4.78, 5) is 24.0. The molecule has 3 rings (SSSR count). The van der Waals surface area contributed by atoms with E-state index in [1.165, 1.54) is 30.1 Å².